The molecular formula is C21H29N3O3. The van der Waals surface area contributed by atoms with Gasteiger partial charge in [0.1, 0.15) is 0 Å². The second kappa shape index (κ2) is 8.55. The van der Waals surface area contributed by atoms with Crippen molar-refractivity contribution >= 4 is 17.7 Å². The molecule has 1 aromatic rings. The summed E-state index contributed by atoms with van der Waals surface area (Å²) in [5.74, 6) is 0.409. The number of aryl methyl sites for hydroxylation is 1. The molecule has 0 unspecified atom stereocenters. The van der Waals surface area contributed by atoms with E-state index >= 15 is 0 Å². The molecule has 0 spiro atoms. The summed E-state index contributed by atoms with van der Waals surface area (Å²) >= 11 is 0. The lowest BCUT2D eigenvalue weighted by molar-refractivity contribution is -0.144. The Morgan fingerprint density at radius 3 is 2.07 bits per heavy atom. The average molecular weight is 371 g/mol. The highest BCUT2D eigenvalue weighted by Gasteiger charge is 2.31. The first-order chi connectivity index (χ1) is 13.0. The summed E-state index contributed by atoms with van der Waals surface area (Å²) in [7, 11) is 0. The summed E-state index contributed by atoms with van der Waals surface area (Å²) in [4.78, 5) is 42.3. The van der Waals surface area contributed by atoms with Gasteiger partial charge in [0.2, 0.25) is 17.7 Å². The van der Waals surface area contributed by atoms with E-state index in [0.29, 0.717) is 45.7 Å². The predicted octanol–water partition coefficient (Wildman–Crippen LogP) is 1.47. The number of hydrogen-bond donors (Lipinski definition) is 0. The largest absolute Gasteiger partial charge is 0.343 e. The maximum absolute atomic E-state index is 12.8. The lowest BCUT2D eigenvalue weighted by Gasteiger charge is -2.38. The standard InChI is InChI=1S/C21H29N3O3/c1-16-5-3-4-6-19(16)15-20(26)23-11-13-24(14-12-23)21(27)18-7-9-22(10-8-18)17(2)25/h3-6,18H,7-15H2,1-2H3. The second-order valence-corrected chi connectivity index (χ2v) is 7.59. The Bertz CT molecular complexity index is 702. The van der Waals surface area contributed by atoms with Gasteiger partial charge < -0.3 is 14.7 Å². The lowest BCUT2D eigenvalue weighted by atomic mass is 9.95. The second-order valence-electron chi connectivity index (χ2n) is 7.59. The van der Waals surface area contributed by atoms with Crippen molar-refractivity contribution in [3.05, 3.63) is 35.4 Å². The number of rotatable bonds is 3. The van der Waals surface area contributed by atoms with Crippen LogP contribution in [0.3, 0.4) is 0 Å². The Morgan fingerprint density at radius 1 is 0.889 bits per heavy atom. The number of piperazine rings is 1. The van der Waals surface area contributed by atoms with Crippen LogP contribution < -0.4 is 0 Å². The van der Waals surface area contributed by atoms with Gasteiger partial charge in [0, 0.05) is 52.1 Å². The van der Waals surface area contributed by atoms with Gasteiger partial charge >= 0.3 is 0 Å². The minimum atomic E-state index is 0.00909. The third-order valence-electron chi connectivity index (χ3n) is 5.84. The molecule has 0 bridgehead atoms. The molecule has 2 saturated heterocycles. The van der Waals surface area contributed by atoms with Gasteiger partial charge in [0.05, 0.1) is 6.42 Å². The summed E-state index contributed by atoms with van der Waals surface area (Å²) in [6.45, 7) is 7.34. The Kier molecular flexibility index (Phi) is 6.14. The zero-order valence-corrected chi connectivity index (χ0v) is 16.3. The molecule has 0 radical (unpaired) electrons. The quantitative estimate of drug-likeness (QED) is 0.808. The van der Waals surface area contributed by atoms with Crippen LogP contribution in [0.25, 0.3) is 0 Å². The zero-order chi connectivity index (χ0) is 19.4. The molecule has 3 rings (SSSR count). The van der Waals surface area contributed by atoms with Crippen molar-refractivity contribution in [3.8, 4) is 0 Å². The van der Waals surface area contributed by atoms with E-state index in [4.69, 9.17) is 0 Å². The van der Waals surface area contributed by atoms with Gasteiger partial charge in [0.15, 0.2) is 0 Å². The molecule has 146 valence electrons. The van der Waals surface area contributed by atoms with Crippen molar-refractivity contribution in [1.29, 1.82) is 0 Å². The molecule has 1 aromatic carbocycles. The maximum atomic E-state index is 12.8. The number of benzene rings is 1. The van der Waals surface area contributed by atoms with Gasteiger partial charge in [-0.15, -0.1) is 0 Å². The van der Waals surface area contributed by atoms with Crippen molar-refractivity contribution in [2.75, 3.05) is 39.3 Å². The molecule has 2 heterocycles. The molecule has 3 amide bonds. The smallest absolute Gasteiger partial charge is 0.227 e. The molecule has 2 fully saturated rings. The van der Waals surface area contributed by atoms with Crippen molar-refractivity contribution in [2.24, 2.45) is 5.92 Å². The van der Waals surface area contributed by atoms with Crippen LogP contribution >= 0.6 is 0 Å². The Hall–Kier alpha value is -2.37. The van der Waals surface area contributed by atoms with Gasteiger partial charge in [-0.25, -0.2) is 0 Å². The van der Waals surface area contributed by atoms with E-state index in [1.54, 1.807) is 6.92 Å². The number of hydrogen-bond acceptors (Lipinski definition) is 3. The number of likely N-dealkylation sites (tertiary alicyclic amines) is 1. The van der Waals surface area contributed by atoms with Crippen molar-refractivity contribution in [2.45, 2.75) is 33.1 Å². The number of carbonyl (C=O) groups is 3. The molecule has 27 heavy (non-hydrogen) atoms. The summed E-state index contributed by atoms with van der Waals surface area (Å²) in [5, 5.41) is 0. The molecule has 6 nitrogen and oxygen atoms in total. The van der Waals surface area contributed by atoms with E-state index in [1.807, 2.05) is 45.9 Å². The fourth-order valence-corrected chi connectivity index (χ4v) is 3.96. The molecule has 0 aromatic heterocycles. The monoisotopic (exact) mass is 371 g/mol. The van der Waals surface area contributed by atoms with E-state index < -0.39 is 0 Å². The molecule has 0 aliphatic carbocycles. The third-order valence-corrected chi connectivity index (χ3v) is 5.84. The molecule has 6 heteroatoms. The normalized spacial score (nSPS) is 18.5. The van der Waals surface area contributed by atoms with Crippen LogP contribution in [0.15, 0.2) is 24.3 Å². The SMILES string of the molecule is CC(=O)N1CCC(C(=O)N2CCN(C(=O)Cc3ccccc3C)CC2)CC1. The van der Waals surface area contributed by atoms with Crippen LogP contribution in [-0.4, -0.2) is 71.7 Å². The topological polar surface area (TPSA) is 60.9 Å². The third kappa shape index (κ3) is 4.67. The number of amides is 3. The number of piperidine rings is 1. The highest BCUT2D eigenvalue weighted by molar-refractivity contribution is 5.81. The molecule has 0 atom stereocenters. The van der Waals surface area contributed by atoms with Crippen LogP contribution in [0.2, 0.25) is 0 Å². The zero-order valence-electron chi connectivity index (χ0n) is 16.3. The highest BCUT2D eigenvalue weighted by Crippen LogP contribution is 2.21. The average Bonchev–Trinajstić information content (AvgIpc) is 2.69. The number of carbonyl (C=O) groups excluding carboxylic acids is 3. The lowest BCUT2D eigenvalue weighted by Crippen LogP contribution is -2.53. The number of nitrogens with zero attached hydrogens (tertiary/aromatic N) is 3. The van der Waals surface area contributed by atoms with Gasteiger partial charge in [0.25, 0.3) is 0 Å². The van der Waals surface area contributed by atoms with E-state index in [0.717, 1.165) is 24.0 Å². The fourth-order valence-electron chi connectivity index (χ4n) is 3.96. The summed E-state index contributed by atoms with van der Waals surface area (Å²) in [6.07, 6.45) is 1.90. The molecular weight excluding hydrogens is 342 g/mol. The van der Waals surface area contributed by atoms with Gasteiger partial charge in [-0.1, -0.05) is 24.3 Å². The van der Waals surface area contributed by atoms with Crippen LogP contribution in [-0.2, 0) is 20.8 Å². The minimum absolute atomic E-state index is 0.00909. The molecule has 0 N–H and O–H groups in total. The van der Waals surface area contributed by atoms with Gasteiger partial charge in [-0.2, -0.15) is 0 Å². The summed E-state index contributed by atoms with van der Waals surface area (Å²) in [6, 6.07) is 7.97. The molecule has 0 saturated carbocycles. The van der Waals surface area contributed by atoms with Crippen molar-refractivity contribution < 1.29 is 14.4 Å². The first-order valence-corrected chi connectivity index (χ1v) is 9.82. The molecule has 2 aliphatic heterocycles. The van der Waals surface area contributed by atoms with Crippen LogP contribution in [0.1, 0.15) is 30.9 Å². The van der Waals surface area contributed by atoms with Crippen molar-refractivity contribution in [3.63, 3.8) is 0 Å². The van der Waals surface area contributed by atoms with Gasteiger partial charge in [-0.3, -0.25) is 14.4 Å². The minimum Gasteiger partial charge on any atom is -0.343 e. The van der Waals surface area contributed by atoms with E-state index in [9.17, 15) is 14.4 Å². The maximum Gasteiger partial charge on any atom is 0.227 e. The Morgan fingerprint density at radius 2 is 1.48 bits per heavy atom. The van der Waals surface area contributed by atoms with Crippen molar-refractivity contribution in [1.82, 2.24) is 14.7 Å². The Labute approximate surface area is 161 Å². The summed E-state index contributed by atoms with van der Waals surface area (Å²) in [5.41, 5.74) is 2.20. The highest BCUT2D eigenvalue weighted by atomic mass is 16.2. The predicted molar refractivity (Wildman–Crippen MR) is 103 cm³/mol. The van der Waals surface area contributed by atoms with E-state index in [-0.39, 0.29) is 23.6 Å². The molecule has 2 aliphatic rings. The van der Waals surface area contributed by atoms with Crippen LogP contribution in [0.4, 0.5) is 0 Å². The fraction of sp³-hybridized carbons (Fsp3) is 0.571. The van der Waals surface area contributed by atoms with E-state index in [1.165, 1.54) is 0 Å². The van der Waals surface area contributed by atoms with E-state index in [2.05, 4.69) is 0 Å². The summed E-state index contributed by atoms with van der Waals surface area (Å²) < 4.78 is 0. The first-order valence-electron chi connectivity index (χ1n) is 9.82. The first kappa shape index (κ1) is 19.4. The van der Waals surface area contributed by atoms with Crippen LogP contribution in [0.5, 0.6) is 0 Å². The van der Waals surface area contributed by atoms with Gasteiger partial charge in [-0.05, 0) is 30.9 Å². The van der Waals surface area contributed by atoms with Crippen LogP contribution in [0, 0.1) is 12.8 Å². The Balaban J connectivity index is 1.47.